The van der Waals surface area contributed by atoms with E-state index in [1.54, 1.807) is 18.2 Å². The highest BCUT2D eigenvalue weighted by molar-refractivity contribution is 7.89. The Morgan fingerprint density at radius 3 is 2.75 bits per heavy atom. The Hall–Kier alpha value is -1.45. The summed E-state index contributed by atoms with van der Waals surface area (Å²) in [5, 5.41) is 12.7. The summed E-state index contributed by atoms with van der Waals surface area (Å²) in [7, 11) is -3.75. The molecule has 2 aromatic rings. The van der Waals surface area contributed by atoms with Crippen LogP contribution in [0.2, 0.25) is 10.3 Å². The Balaban J connectivity index is 1.98. The lowest BCUT2D eigenvalue weighted by Gasteiger charge is -2.19. The van der Waals surface area contributed by atoms with Crippen LogP contribution in [0.5, 0.6) is 0 Å². The van der Waals surface area contributed by atoms with Crippen LogP contribution >= 0.6 is 23.2 Å². The standard InChI is InChI=1S/C14H14Cl2N4O3S/c15-10-7-17-14(16)19-13(10)18-11-3-1-2-4-12(11)24(22,23)20-6-5-9(21)8-20/h1-4,7,9,21H,5-6,8H2,(H,17,18,19). The number of hydrogen-bond donors (Lipinski definition) is 2. The van der Waals surface area contributed by atoms with E-state index in [0.29, 0.717) is 12.1 Å². The second kappa shape index (κ2) is 6.81. The highest BCUT2D eigenvalue weighted by atomic mass is 35.5. The van der Waals surface area contributed by atoms with E-state index in [1.807, 2.05) is 0 Å². The van der Waals surface area contributed by atoms with E-state index in [2.05, 4.69) is 15.3 Å². The maximum atomic E-state index is 12.8. The zero-order valence-corrected chi connectivity index (χ0v) is 14.7. The Kier molecular flexibility index (Phi) is 4.93. The van der Waals surface area contributed by atoms with Gasteiger partial charge in [-0.25, -0.2) is 13.4 Å². The van der Waals surface area contributed by atoms with Crippen LogP contribution < -0.4 is 5.32 Å². The van der Waals surface area contributed by atoms with Crippen LogP contribution in [0.1, 0.15) is 6.42 Å². The molecule has 2 heterocycles. The first-order valence-electron chi connectivity index (χ1n) is 7.10. The second-order valence-corrected chi connectivity index (χ2v) is 7.91. The van der Waals surface area contributed by atoms with Gasteiger partial charge in [-0.05, 0) is 30.2 Å². The Labute approximate surface area is 149 Å². The van der Waals surface area contributed by atoms with Crippen LogP contribution in [-0.4, -0.2) is 47.0 Å². The number of aliphatic hydroxyl groups excluding tert-OH is 1. The van der Waals surface area contributed by atoms with Crippen LogP contribution in [0.15, 0.2) is 35.4 Å². The fourth-order valence-corrected chi connectivity index (χ4v) is 4.34. The summed E-state index contributed by atoms with van der Waals surface area (Å²) in [5.41, 5.74) is 0.315. The van der Waals surface area contributed by atoms with Crippen molar-refractivity contribution in [2.75, 3.05) is 18.4 Å². The van der Waals surface area contributed by atoms with E-state index in [-0.39, 0.29) is 34.1 Å². The summed E-state index contributed by atoms with van der Waals surface area (Å²) >= 11 is 11.8. The van der Waals surface area contributed by atoms with E-state index in [4.69, 9.17) is 23.2 Å². The van der Waals surface area contributed by atoms with Gasteiger partial charge in [-0.15, -0.1) is 0 Å². The van der Waals surface area contributed by atoms with Gasteiger partial charge in [-0.1, -0.05) is 23.7 Å². The molecule has 1 aliphatic heterocycles. The molecule has 24 heavy (non-hydrogen) atoms. The largest absolute Gasteiger partial charge is 0.392 e. The van der Waals surface area contributed by atoms with Gasteiger partial charge in [0.1, 0.15) is 9.92 Å². The number of aromatic nitrogens is 2. The third kappa shape index (κ3) is 3.47. The molecule has 0 amide bonds. The van der Waals surface area contributed by atoms with Gasteiger partial charge in [0, 0.05) is 13.1 Å². The van der Waals surface area contributed by atoms with Gasteiger partial charge in [-0.3, -0.25) is 0 Å². The number of benzene rings is 1. The molecule has 10 heteroatoms. The van der Waals surface area contributed by atoms with Gasteiger partial charge in [0.15, 0.2) is 5.82 Å². The number of halogens is 2. The third-order valence-electron chi connectivity index (χ3n) is 3.60. The number of aliphatic hydroxyl groups is 1. The number of rotatable bonds is 4. The molecule has 0 aliphatic carbocycles. The predicted molar refractivity (Wildman–Crippen MR) is 91.2 cm³/mol. The van der Waals surface area contributed by atoms with E-state index >= 15 is 0 Å². The smallest absolute Gasteiger partial charge is 0.245 e. The van der Waals surface area contributed by atoms with E-state index in [1.165, 1.54) is 16.6 Å². The highest BCUT2D eigenvalue weighted by Crippen LogP contribution is 2.31. The Morgan fingerprint density at radius 1 is 1.29 bits per heavy atom. The molecule has 0 saturated carbocycles. The summed E-state index contributed by atoms with van der Waals surface area (Å²) in [6.07, 6.45) is 1.10. The molecule has 2 N–H and O–H groups in total. The summed E-state index contributed by atoms with van der Waals surface area (Å²) in [6.45, 7) is 0.356. The minimum Gasteiger partial charge on any atom is -0.392 e. The third-order valence-corrected chi connectivity index (χ3v) is 5.98. The summed E-state index contributed by atoms with van der Waals surface area (Å²) in [6, 6.07) is 6.40. The Morgan fingerprint density at radius 2 is 2.04 bits per heavy atom. The maximum absolute atomic E-state index is 12.8. The predicted octanol–water partition coefficient (Wildman–Crippen LogP) is 2.28. The van der Waals surface area contributed by atoms with Crippen molar-refractivity contribution in [3.63, 3.8) is 0 Å². The number of anilines is 2. The lowest BCUT2D eigenvalue weighted by Crippen LogP contribution is -2.30. The second-order valence-electron chi connectivity index (χ2n) is 5.26. The maximum Gasteiger partial charge on any atom is 0.245 e. The van der Waals surface area contributed by atoms with Crippen molar-refractivity contribution in [1.29, 1.82) is 0 Å². The number of sulfonamides is 1. The van der Waals surface area contributed by atoms with E-state index < -0.39 is 16.1 Å². The minimum atomic E-state index is -3.75. The molecular weight excluding hydrogens is 375 g/mol. The summed E-state index contributed by atoms with van der Waals surface area (Å²) in [4.78, 5) is 7.79. The van der Waals surface area contributed by atoms with Gasteiger partial charge in [0.25, 0.3) is 0 Å². The first-order chi connectivity index (χ1) is 11.4. The first-order valence-corrected chi connectivity index (χ1v) is 9.30. The van der Waals surface area contributed by atoms with Gasteiger partial charge in [0.05, 0.1) is 18.0 Å². The van der Waals surface area contributed by atoms with Gasteiger partial charge < -0.3 is 10.4 Å². The van der Waals surface area contributed by atoms with Crippen LogP contribution in [0.25, 0.3) is 0 Å². The lowest BCUT2D eigenvalue weighted by atomic mass is 10.3. The molecule has 1 aromatic heterocycles. The van der Waals surface area contributed by atoms with E-state index in [0.717, 1.165) is 0 Å². The van der Waals surface area contributed by atoms with E-state index in [9.17, 15) is 13.5 Å². The quantitative estimate of drug-likeness (QED) is 0.780. The minimum absolute atomic E-state index is 0.00935. The first kappa shape index (κ1) is 17.4. The fraction of sp³-hybridized carbons (Fsp3) is 0.286. The number of hydrogen-bond acceptors (Lipinski definition) is 6. The van der Waals surface area contributed by atoms with Crippen LogP contribution in [0.4, 0.5) is 11.5 Å². The van der Waals surface area contributed by atoms with Gasteiger partial charge in [-0.2, -0.15) is 9.29 Å². The SMILES string of the molecule is O=S(=O)(c1ccccc1Nc1nc(Cl)ncc1Cl)N1CCC(O)C1. The van der Waals surface area contributed by atoms with Crippen molar-refractivity contribution in [1.82, 2.24) is 14.3 Å². The van der Waals surface area contributed by atoms with Crippen molar-refractivity contribution in [2.24, 2.45) is 0 Å². The lowest BCUT2D eigenvalue weighted by molar-refractivity contribution is 0.189. The van der Waals surface area contributed by atoms with Crippen molar-refractivity contribution in [3.05, 3.63) is 40.8 Å². The average molecular weight is 389 g/mol. The molecule has 0 radical (unpaired) electrons. The van der Waals surface area contributed by atoms with Crippen molar-refractivity contribution < 1.29 is 13.5 Å². The van der Waals surface area contributed by atoms with Crippen LogP contribution in [0.3, 0.4) is 0 Å². The number of nitrogens with one attached hydrogen (secondary N) is 1. The molecule has 1 unspecified atom stereocenters. The molecule has 7 nitrogen and oxygen atoms in total. The zero-order chi connectivity index (χ0) is 17.3. The molecular formula is C14H14Cl2N4O3S. The monoisotopic (exact) mass is 388 g/mol. The molecule has 3 rings (SSSR count). The molecule has 1 aromatic carbocycles. The van der Waals surface area contributed by atoms with Crippen molar-refractivity contribution in [3.8, 4) is 0 Å². The number of nitrogens with zero attached hydrogens (tertiary/aromatic N) is 3. The van der Waals surface area contributed by atoms with Gasteiger partial charge >= 0.3 is 0 Å². The molecule has 1 fully saturated rings. The van der Waals surface area contributed by atoms with Gasteiger partial charge in [0.2, 0.25) is 15.3 Å². The number of β-amino-alcohol motifs (C(OH)–C–C–N with tert-alkyl or cyclic N) is 1. The zero-order valence-electron chi connectivity index (χ0n) is 12.4. The summed E-state index contributed by atoms with van der Waals surface area (Å²) in [5.74, 6) is 0.209. The van der Waals surface area contributed by atoms with Crippen molar-refractivity contribution in [2.45, 2.75) is 17.4 Å². The molecule has 1 atom stereocenters. The molecule has 1 aliphatic rings. The molecule has 128 valence electrons. The fourth-order valence-electron chi connectivity index (χ4n) is 2.42. The van der Waals surface area contributed by atoms with Crippen LogP contribution in [-0.2, 0) is 10.0 Å². The Bertz CT molecular complexity index is 863. The topological polar surface area (TPSA) is 95.4 Å². The number of para-hydroxylation sites is 1. The average Bonchev–Trinajstić information content (AvgIpc) is 2.99. The summed E-state index contributed by atoms with van der Waals surface area (Å²) < 4.78 is 26.9. The van der Waals surface area contributed by atoms with Crippen molar-refractivity contribution >= 4 is 44.7 Å². The molecule has 0 bridgehead atoms. The molecule has 0 spiro atoms. The normalized spacial score (nSPS) is 18.7. The molecule has 1 saturated heterocycles. The highest BCUT2D eigenvalue weighted by Gasteiger charge is 2.33. The van der Waals surface area contributed by atoms with Crippen LogP contribution in [0, 0.1) is 0 Å².